The lowest BCUT2D eigenvalue weighted by Crippen LogP contribution is -2.28. The van der Waals surface area contributed by atoms with E-state index in [1.54, 1.807) is 0 Å². The molecule has 0 aliphatic carbocycles. The van der Waals surface area contributed by atoms with Crippen LogP contribution in [0.2, 0.25) is 5.02 Å². The molecule has 3 heteroatoms. The van der Waals surface area contributed by atoms with Crippen LogP contribution in [0.1, 0.15) is 24.0 Å². The molecule has 2 aromatic carbocycles. The van der Waals surface area contributed by atoms with Crippen LogP contribution >= 0.6 is 11.6 Å². The average molecular weight is 316 g/mol. The Morgan fingerprint density at radius 1 is 1.05 bits per heavy atom. The van der Waals surface area contributed by atoms with Crippen LogP contribution in [0.4, 0.5) is 0 Å². The molecule has 1 aliphatic heterocycles. The number of ether oxygens (including phenoxy) is 1. The minimum absolute atomic E-state index is 0.742. The second-order valence-corrected chi connectivity index (χ2v) is 6.38. The fraction of sp³-hybridized carbons (Fsp3) is 0.368. The van der Waals surface area contributed by atoms with Crippen molar-refractivity contribution in [2.45, 2.75) is 26.2 Å². The standard InChI is InChI=1S/C19H22ClNO/c1-14-17(20)6-4-8-18(14)22-19-7-3-2-5-16(19)13-15-9-11-21-12-10-15/h2-8,15,21H,9-13H2,1H3. The SMILES string of the molecule is Cc1c(Cl)cccc1Oc1ccccc1CC1CCNCC1. The highest BCUT2D eigenvalue weighted by Crippen LogP contribution is 2.33. The van der Waals surface area contributed by atoms with E-state index in [9.17, 15) is 0 Å². The first kappa shape index (κ1) is 15.4. The third kappa shape index (κ3) is 3.63. The Kier molecular flexibility index (Phi) is 5.01. The second-order valence-electron chi connectivity index (χ2n) is 5.97. The number of piperidine rings is 1. The molecular formula is C19H22ClNO. The number of hydrogen-bond donors (Lipinski definition) is 1. The number of halogens is 1. The smallest absolute Gasteiger partial charge is 0.131 e. The quantitative estimate of drug-likeness (QED) is 0.859. The topological polar surface area (TPSA) is 21.3 Å². The molecule has 2 aromatic rings. The number of rotatable bonds is 4. The summed E-state index contributed by atoms with van der Waals surface area (Å²) in [5, 5.41) is 4.17. The first-order valence-electron chi connectivity index (χ1n) is 7.95. The molecule has 0 saturated carbocycles. The second kappa shape index (κ2) is 7.17. The molecule has 0 spiro atoms. The Balaban J connectivity index is 1.80. The Morgan fingerprint density at radius 2 is 1.77 bits per heavy atom. The van der Waals surface area contributed by atoms with Gasteiger partial charge in [0, 0.05) is 10.6 Å². The Morgan fingerprint density at radius 3 is 2.59 bits per heavy atom. The van der Waals surface area contributed by atoms with Crippen LogP contribution in [0.5, 0.6) is 11.5 Å². The molecule has 0 aromatic heterocycles. The lowest BCUT2D eigenvalue weighted by atomic mass is 9.90. The summed E-state index contributed by atoms with van der Waals surface area (Å²) in [7, 11) is 0. The van der Waals surface area contributed by atoms with Gasteiger partial charge in [0.15, 0.2) is 0 Å². The summed E-state index contributed by atoms with van der Waals surface area (Å²) in [6.45, 7) is 4.25. The maximum Gasteiger partial charge on any atom is 0.131 e. The molecule has 0 radical (unpaired) electrons. The van der Waals surface area contributed by atoms with E-state index in [1.807, 2.05) is 31.2 Å². The first-order chi connectivity index (χ1) is 10.7. The van der Waals surface area contributed by atoms with Gasteiger partial charge in [-0.05, 0) is 69.0 Å². The van der Waals surface area contributed by atoms with Crippen molar-refractivity contribution in [2.24, 2.45) is 5.92 Å². The van der Waals surface area contributed by atoms with Gasteiger partial charge >= 0.3 is 0 Å². The maximum atomic E-state index is 6.19. The van der Waals surface area contributed by atoms with E-state index in [-0.39, 0.29) is 0 Å². The molecule has 116 valence electrons. The number of para-hydroxylation sites is 1. The van der Waals surface area contributed by atoms with Crippen molar-refractivity contribution in [3.05, 3.63) is 58.6 Å². The maximum absolute atomic E-state index is 6.19. The normalized spacial score (nSPS) is 15.7. The fourth-order valence-electron chi connectivity index (χ4n) is 2.99. The van der Waals surface area contributed by atoms with Gasteiger partial charge < -0.3 is 10.1 Å². The third-order valence-corrected chi connectivity index (χ3v) is 4.79. The van der Waals surface area contributed by atoms with Crippen LogP contribution in [0.25, 0.3) is 0 Å². The number of nitrogens with one attached hydrogen (secondary N) is 1. The van der Waals surface area contributed by atoms with Crippen LogP contribution in [0.15, 0.2) is 42.5 Å². The van der Waals surface area contributed by atoms with Gasteiger partial charge in [0.25, 0.3) is 0 Å². The van der Waals surface area contributed by atoms with E-state index in [0.29, 0.717) is 0 Å². The molecule has 0 unspecified atom stereocenters. The van der Waals surface area contributed by atoms with E-state index >= 15 is 0 Å². The molecule has 1 aliphatic rings. The molecule has 22 heavy (non-hydrogen) atoms. The molecule has 2 nitrogen and oxygen atoms in total. The van der Waals surface area contributed by atoms with Crippen LogP contribution in [-0.4, -0.2) is 13.1 Å². The first-order valence-corrected chi connectivity index (χ1v) is 8.33. The summed E-state index contributed by atoms with van der Waals surface area (Å²) in [6.07, 6.45) is 3.56. The van der Waals surface area contributed by atoms with Gasteiger partial charge in [0.2, 0.25) is 0 Å². The van der Waals surface area contributed by atoms with Crippen LogP contribution < -0.4 is 10.1 Å². The fourth-order valence-corrected chi connectivity index (χ4v) is 3.15. The predicted octanol–water partition coefficient (Wildman–Crippen LogP) is 4.98. The summed E-state index contributed by atoms with van der Waals surface area (Å²) < 4.78 is 6.16. The zero-order valence-electron chi connectivity index (χ0n) is 12.9. The molecule has 1 saturated heterocycles. The Hall–Kier alpha value is -1.51. The number of benzene rings is 2. The highest BCUT2D eigenvalue weighted by Gasteiger charge is 2.16. The molecule has 0 bridgehead atoms. The van der Waals surface area contributed by atoms with Crippen molar-refractivity contribution in [1.29, 1.82) is 0 Å². The third-order valence-electron chi connectivity index (χ3n) is 4.38. The van der Waals surface area contributed by atoms with E-state index in [4.69, 9.17) is 16.3 Å². The monoisotopic (exact) mass is 315 g/mol. The highest BCUT2D eigenvalue weighted by molar-refractivity contribution is 6.31. The van der Waals surface area contributed by atoms with E-state index in [1.165, 1.54) is 18.4 Å². The van der Waals surface area contributed by atoms with Crippen molar-refractivity contribution in [2.75, 3.05) is 13.1 Å². The van der Waals surface area contributed by atoms with Crippen molar-refractivity contribution < 1.29 is 4.74 Å². The van der Waals surface area contributed by atoms with Crippen molar-refractivity contribution >= 4 is 11.6 Å². The van der Waals surface area contributed by atoms with Crippen LogP contribution in [0, 0.1) is 12.8 Å². The summed E-state index contributed by atoms with van der Waals surface area (Å²) >= 11 is 6.19. The Labute approximate surface area is 137 Å². The summed E-state index contributed by atoms with van der Waals surface area (Å²) in [4.78, 5) is 0. The van der Waals surface area contributed by atoms with E-state index in [2.05, 4.69) is 23.5 Å². The van der Waals surface area contributed by atoms with Gasteiger partial charge in [-0.1, -0.05) is 35.9 Å². The zero-order chi connectivity index (χ0) is 15.4. The van der Waals surface area contributed by atoms with Crippen molar-refractivity contribution in [1.82, 2.24) is 5.32 Å². The molecule has 3 rings (SSSR count). The van der Waals surface area contributed by atoms with Gasteiger partial charge in [-0.3, -0.25) is 0 Å². The van der Waals surface area contributed by atoms with Crippen LogP contribution in [-0.2, 0) is 6.42 Å². The largest absolute Gasteiger partial charge is 0.457 e. The van der Waals surface area contributed by atoms with Gasteiger partial charge in [-0.15, -0.1) is 0 Å². The van der Waals surface area contributed by atoms with Crippen molar-refractivity contribution in [3.8, 4) is 11.5 Å². The average Bonchev–Trinajstić information content (AvgIpc) is 2.55. The van der Waals surface area contributed by atoms with Gasteiger partial charge in [0.1, 0.15) is 11.5 Å². The summed E-state index contributed by atoms with van der Waals surface area (Å²) in [5.74, 6) is 2.53. The van der Waals surface area contributed by atoms with Gasteiger partial charge in [0.05, 0.1) is 0 Å². The molecule has 0 atom stereocenters. The van der Waals surface area contributed by atoms with E-state index in [0.717, 1.165) is 47.5 Å². The highest BCUT2D eigenvalue weighted by atomic mass is 35.5. The lowest BCUT2D eigenvalue weighted by Gasteiger charge is -2.23. The molecule has 1 heterocycles. The minimum atomic E-state index is 0.742. The molecule has 1 fully saturated rings. The molecular weight excluding hydrogens is 294 g/mol. The summed E-state index contributed by atoms with van der Waals surface area (Å²) in [6, 6.07) is 14.1. The predicted molar refractivity (Wildman–Crippen MR) is 92.0 cm³/mol. The zero-order valence-corrected chi connectivity index (χ0v) is 13.7. The summed E-state index contributed by atoms with van der Waals surface area (Å²) in [5.41, 5.74) is 2.27. The molecule has 1 N–H and O–H groups in total. The molecule has 0 amide bonds. The number of hydrogen-bond acceptors (Lipinski definition) is 2. The van der Waals surface area contributed by atoms with E-state index < -0.39 is 0 Å². The van der Waals surface area contributed by atoms with Gasteiger partial charge in [-0.25, -0.2) is 0 Å². The van der Waals surface area contributed by atoms with Crippen LogP contribution in [0.3, 0.4) is 0 Å². The Bertz CT molecular complexity index is 635. The van der Waals surface area contributed by atoms with Gasteiger partial charge in [-0.2, -0.15) is 0 Å². The lowest BCUT2D eigenvalue weighted by molar-refractivity contribution is 0.367. The van der Waals surface area contributed by atoms with Crippen molar-refractivity contribution in [3.63, 3.8) is 0 Å². The minimum Gasteiger partial charge on any atom is -0.457 e.